The molecule has 0 aliphatic carbocycles. The Balaban J connectivity index is 2.67. The monoisotopic (exact) mass is 183 g/mol. The zero-order valence-corrected chi connectivity index (χ0v) is 7.70. The Labute approximate surface area is 76.2 Å². The van der Waals surface area contributed by atoms with Gasteiger partial charge in [-0.3, -0.25) is 5.10 Å². The van der Waals surface area contributed by atoms with E-state index in [0.717, 1.165) is 5.69 Å². The first kappa shape index (κ1) is 9.73. The second-order valence-electron chi connectivity index (χ2n) is 3.53. The normalized spacial score (nSPS) is 11.3. The largest absolute Gasteiger partial charge is 0.373 e. The highest BCUT2D eigenvalue weighted by Gasteiger charge is 2.30. The van der Waals surface area contributed by atoms with Gasteiger partial charge in [0.15, 0.2) is 0 Å². The Bertz CT molecular complexity index is 280. The van der Waals surface area contributed by atoms with Gasteiger partial charge in [-0.25, -0.2) is 4.79 Å². The number of aromatic nitrogens is 2. The number of aromatic amines is 1. The van der Waals surface area contributed by atoms with Crippen molar-refractivity contribution in [3.63, 3.8) is 0 Å². The second kappa shape index (κ2) is 3.57. The average Bonchev–Trinajstić information content (AvgIpc) is 2.54. The van der Waals surface area contributed by atoms with E-state index in [1.807, 2.05) is 6.07 Å². The molecule has 5 nitrogen and oxygen atoms in total. The highest BCUT2D eigenvalue weighted by atomic mass is 16.7. The lowest BCUT2D eigenvalue weighted by atomic mass is 9.88. The zero-order chi connectivity index (χ0) is 9.90. The van der Waals surface area contributed by atoms with Crippen molar-refractivity contribution >= 4 is 5.97 Å². The predicted octanol–water partition coefficient (Wildman–Crippen LogP) is 0.395. The number of hydrogen-bond acceptors (Lipinski definition) is 4. The molecule has 0 spiro atoms. The van der Waals surface area contributed by atoms with Gasteiger partial charge in [-0.15, -0.1) is 0 Å². The van der Waals surface area contributed by atoms with Crippen molar-refractivity contribution in [2.45, 2.75) is 20.3 Å². The van der Waals surface area contributed by atoms with E-state index >= 15 is 0 Å². The molecule has 3 N–H and O–H groups in total. The Morgan fingerprint density at radius 3 is 2.92 bits per heavy atom. The quantitative estimate of drug-likeness (QED) is 0.664. The van der Waals surface area contributed by atoms with Crippen LogP contribution < -0.4 is 5.90 Å². The Morgan fingerprint density at radius 2 is 2.46 bits per heavy atom. The summed E-state index contributed by atoms with van der Waals surface area (Å²) in [5.41, 5.74) is 0.180. The Hall–Kier alpha value is -1.36. The van der Waals surface area contributed by atoms with Crippen molar-refractivity contribution in [3.05, 3.63) is 18.0 Å². The molecule has 0 unspecified atom stereocenters. The standard InChI is InChI=1S/C8H13N3O2/c1-8(2,7(12)13-9)5-6-3-4-10-11-6/h3-4H,5,9H2,1-2H3,(H,10,11). The number of carbonyl (C=O) groups is 1. The van der Waals surface area contributed by atoms with Gasteiger partial charge in [0.2, 0.25) is 0 Å². The molecule has 0 amide bonds. The van der Waals surface area contributed by atoms with E-state index in [1.54, 1.807) is 20.0 Å². The van der Waals surface area contributed by atoms with Gasteiger partial charge in [0.1, 0.15) is 0 Å². The van der Waals surface area contributed by atoms with Crippen LogP contribution in [0.15, 0.2) is 12.3 Å². The number of rotatable bonds is 3. The average molecular weight is 183 g/mol. The first-order valence-electron chi connectivity index (χ1n) is 3.96. The molecular formula is C8H13N3O2. The molecule has 0 aliphatic rings. The van der Waals surface area contributed by atoms with Gasteiger partial charge >= 0.3 is 5.97 Å². The highest BCUT2D eigenvalue weighted by Crippen LogP contribution is 2.21. The predicted molar refractivity (Wildman–Crippen MR) is 46.4 cm³/mol. The van der Waals surface area contributed by atoms with Crippen LogP contribution in [0.5, 0.6) is 0 Å². The van der Waals surface area contributed by atoms with Gasteiger partial charge in [0.25, 0.3) is 0 Å². The van der Waals surface area contributed by atoms with Crippen LogP contribution in [0.3, 0.4) is 0 Å². The summed E-state index contributed by atoms with van der Waals surface area (Å²) >= 11 is 0. The van der Waals surface area contributed by atoms with E-state index in [0.29, 0.717) is 6.42 Å². The summed E-state index contributed by atoms with van der Waals surface area (Å²) < 4.78 is 0. The summed E-state index contributed by atoms with van der Waals surface area (Å²) in [4.78, 5) is 15.4. The van der Waals surface area contributed by atoms with Crippen LogP contribution in [-0.2, 0) is 16.1 Å². The van der Waals surface area contributed by atoms with Crippen molar-refractivity contribution in [2.24, 2.45) is 11.3 Å². The first-order valence-corrected chi connectivity index (χ1v) is 3.96. The van der Waals surface area contributed by atoms with Crippen LogP contribution in [0.1, 0.15) is 19.5 Å². The molecule has 1 heterocycles. The van der Waals surface area contributed by atoms with E-state index in [2.05, 4.69) is 15.0 Å². The number of H-pyrrole nitrogens is 1. The summed E-state index contributed by atoms with van der Waals surface area (Å²) in [5.74, 6) is 4.37. The Kier molecular flexibility index (Phi) is 2.67. The van der Waals surface area contributed by atoms with Crippen molar-refractivity contribution < 1.29 is 9.63 Å². The number of hydrogen-bond donors (Lipinski definition) is 2. The number of nitrogens with zero attached hydrogens (tertiary/aromatic N) is 1. The summed E-state index contributed by atoms with van der Waals surface area (Å²) in [6, 6.07) is 1.81. The molecule has 0 bridgehead atoms. The van der Waals surface area contributed by atoms with Crippen molar-refractivity contribution in [2.75, 3.05) is 0 Å². The smallest absolute Gasteiger partial charge is 0.330 e. The van der Waals surface area contributed by atoms with Crippen LogP contribution in [0.4, 0.5) is 0 Å². The minimum absolute atomic E-state index is 0.435. The van der Waals surface area contributed by atoms with Crippen LogP contribution in [0.25, 0.3) is 0 Å². The third-order valence-electron chi connectivity index (χ3n) is 1.84. The summed E-state index contributed by atoms with van der Waals surface area (Å²) in [7, 11) is 0. The molecule has 0 aliphatic heterocycles. The van der Waals surface area contributed by atoms with Crippen molar-refractivity contribution in [1.82, 2.24) is 10.2 Å². The second-order valence-corrected chi connectivity index (χ2v) is 3.53. The van der Waals surface area contributed by atoms with Gasteiger partial charge in [0.05, 0.1) is 11.1 Å². The zero-order valence-electron chi connectivity index (χ0n) is 7.70. The highest BCUT2D eigenvalue weighted by molar-refractivity contribution is 5.75. The summed E-state index contributed by atoms with van der Waals surface area (Å²) in [6.07, 6.45) is 2.21. The summed E-state index contributed by atoms with van der Waals surface area (Å²) in [5, 5.41) is 6.62. The van der Waals surface area contributed by atoms with Gasteiger partial charge in [0, 0.05) is 12.6 Å². The molecule has 0 fully saturated rings. The van der Waals surface area contributed by atoms with Crippen LogP contribution >= 0.6 is 0 Å². The van der Waals surface area contributed by atoms with Gasteiger partial charge in [-0.2, -0.15) is 11.0 Å². The lowest BCUT2D eigenvalue weighted by molar-refractivity contribution is -0.154. The topological polar surface area (TPSA) is 81.0 Å². The molecule has 72 valence electrons. The molecule has 0 atom stereocenters. The lowest BCUT2D eigenvalue weighted by Gasteiger charge is -2.18. The van der Waals surface area contributed by atoms with Crippen LogP contribution in [0.2, 0.25) is 0 Å². The molecule has 0 radical (unpaired) electrons. The number of nitrogens with one attached hydrogen (secondary N) is 1. The molecule has 5 heteroatoms. The summed E-state index contributed by atoms with van der Waals surface area (Å²) in [6.45, 7) is 3.52. The fourth-order valence-corrected chi connectivity index (χ4v) is 1.07. The molecule has 13 heavy (non-hydrogen) atoms. The molecule has 1 aromatic rings. The van der Waals surface area contributed by atoms with Crippen molar-refractivity contribution in [1.29, 1.82) is 0 Å². The third kappa shape index (κ3) is 2.29. The first-order chi connectivity index (χ1) is 6.06. The fourth-order valence-electron chi connectivity index (χ4n) is 1.07. The van der Waals surface area contributed by atoms with Crippen molar-refractivity contribution in [3.8, 4) is 0 Å². The minimum atomic E-state index is -0.635. The maximum atomic E-state index is 11.2. The Morgan fingerprint density at radius 1 is 1.77 bits per heavy atom. The van der Waals surface area contributed by atoms with Crippen LogP contribution in [-0.4, -0.2) is 16.2 Å². The molecule has 0 saturated carbocycles. The van der Waals surface area contributed by atoms with E-state index < -0.39 is 11.4 Å². The van der Waals surface area contributed by atoms with Crippen LogP contribution in [0, 0.1) is 5.41 Å². The molecule has 0 saturated heterocycles. The SMILES string of the molecule is CC(C)(Cc1cc[nH]n1)C(=O)ON. The lowest BCUT2D eigenvalue weighted by Crippen LogP contribution is -2.31. The van der Waals surface area contributed by atoms with E-state index in [9.17, 15) is 4.79 Å². The van der Waals surface area contributed by atoms with E-state index in [4.69, 9.17) is 5.90 Å². The van der Waals surface area contributed by atoms with E-state index in [-0.39, 0.29) is 0 Å². The molecule has 0 aromatic carbocycles. The van der Waals surface area contributed by atoms with Gasteiger partial charge in [-0.1, -0.05) is 0 Å². The third-order valence-corrected chi connectivity index (χ3v) is 1.84. The number of carbonyl (C=O) groups excluding carboxylic acids is 1. The van der Waals surface area contributed by atoms with Gasteiger partial charge in [-0.05, 0) is 19.9 Å². The minimum Gasteiger partial charge on any atom is -0.373 e. The molecule has 1 aromatic heterocycles. The van der Waals surface area contributed by atoms with Gasteiger partial charge < -0.3 is 4.84 Å². The van der Waals surface area contributed by atoms with E-state index in [1.165, 1.54) is 0 Å². The molecular weight excluding hydrogens is 170 g/mol. The molecule has 1 rings (SSSR count). The fraction of sp³-hybridized carbons (Fsp3) is 0.500. The maximum Gasteiger partial charge on any atom is 0.330 e. The maximum absolute atomic E-state index is 11.2. The number of nitrogens with two attached hydrogens (primary N) is 1.